The van der Waals surface area contributed by atoms with Crippen LogP contribution in [0.25, 0.3) is 0 Å². The number of unbranched alkanes of at least 4 members (excludes halogenated alkanes) is 29. The van der Waals surface area contributed by atoms with E-state index in [4.69, 9.17) is 18.9 Å². The molecule has 0 amide bonds. The molecule has 0 saturated carbocycles. The number of hydrogen-bond acceptors (Lipinski definition) is 8. The molecule has 0 N–H and O–H groups in total. The Hall–Kier alpha value is -3.01. The van der Waals surface area contributed by atoms with E-state index >= 15 is 0 Å². The third-order valence-corrected chi connectivity index (χ3v) is 12.8. The van der Waals surface area contributed by atoms with Crippen LogP contribution in [0, 0.1) is 0 Å². The molecular weight excluding hydrogens is 887 g/mol. The van der Waals surface area contributed by atoms with Crippen LogP contribution in [0.15, 0.2) is 60.8 Å². The number of nitrogens with zero attached hydrogens (tertiary/aromatic N) is 1. The molecule has 2 atom stereocenters. The molecule has 0 aromatic rings. The Bertz CT molecular complexity index is 1350. The standard InChI is InChI=1S/C62H111NO8/c1-6-8-10-12-14-16-18-20-22-24-26-28-29-30-31-33-34-36-38-40-42-44-46-48-50-52-59(64)69-56-58(57-70-62(61(66)67)68-55-54-63(3,4)5)71-60(65)53-51-49-47-45-43-41-39-37-35-32-27-25-23-21-19-17-15-13-11-9-7-2/h9,11,15,17,21,23,27,32,37,39,58,62H,6-8,10,12-14,16,18-20,22,24-26,28-31,33-36,38,40-57H2,1-5H3/b11-9-,17-15-,23-21-,32-27-,39-37-. The zero-order valence-corrected chi connectivity index (χ0v) is 46.8. The van der Waals surface area contributed by atoms with Crippen LogP contribution in [-0.2, 0) is 33.3 Å². The third kappa shape index (κ3) is 54.6. The van der Waals surface area contributed by atoms with Gasteiger partial charge in [0.05, 0.1) is 40.3 Å². The van der Waals surface area contributed by atoms with Crippen molar-refractivity contribution < 1.29 is 42.9 Å². The highest BCUT2D eigenvalue weighted by Gasteiger charge is 2.22. The minimum absolute atomic E-state index is 0.142. The number of quaternary nitrogens is 1. The van der Waals surface area contributed by atoms with E-state index in [9.17, 15) is 19.5 Å². The minimum atomic E-state index is -1.63. The van der Waals surface area contributed by atoms with Crippen molar-refractivity contribution in [3.8, 4) is 0 Å². The molecule has 0 rings (SSSR count). The average molecular weight is 999 g/mol. The van der Waals surface area contributed by atoms with Gasteiger partial charge in [0.1, 0.15) is 13.2 Å². The first kappa shape index (κ1) is 68.0. The average Bonchev–Trinajstić information content (AvgIpc) is 3.34. The molecule has 0 spiro atoms. The molecule has 0 aliphatic carbocycles. The second-order valence-corrected chi connectivity index (χ2v) is 20.9. The molecule has 71 heavy (non-hydrogen) atoms. The number of carbonyl (C=O) groups is 3. The molecule has 0 aliphatic rings. The predicted molar refractivity (Wildman–Crippen MR) is 297 cm³/mol. The van der Waals surface area contributed by atoms with Gasteiger partial charge in [-0.25, -0.2) is 0 Å². The number of aliphatic carboxylic acids is 1. The molecule has 0 fully saturated rings. The summed E-state index contributed by atoms with van der Waals surface area (Å²) in [5.41, 5.74) is 0. The molecule has 0 heterocycles. The summed E-state index contributed by atoms with van der Waals surface area (Å²) >= 11 is 0. The third-order valence-electron chi connectivity index (χ3n) is 12.8. The van der Waals surface area contributed by atoms with Crippen molar-refractivity contribution in [1.82, 2.24) is 0 Å². The number of rotatable bonds is 54. The molecule has 412 valence electrons. The number of carboxylic acid groups (broad SMARTS) is 1. The fraction of sp³-hybridized carbons (Fsp3) is 0.790. The number of likely N-dealkylation sites (N-methyl/N-ethyl adjacent to an activating group) is 1. The van der Waals surface area contributed by atoms with Gasteiger partial charge in [0.15, 0.2) is 12.4 Å². The summed E-state index contributed by atoms with van der Waals surface area (Å²) in [5.74, 6) is -2.30. The van der Waals surface area contributed by atoms with Gasteiger partial charge in [-0.2, -0.15) is 0 Å². The normalized spacial score (nSPS) is 13.2. The van der Waals surface area contributed by atoms with Gasteiger partial charge in [-0.05, 0) is 57.8 Å². The monoisotopic (exact) mass is 998 g/mol. The van der Waals surface area contributed by atoms with Crippen molar-refractivity contribution in [2.45, 2.75) is 270 Å². The molecule has 9 nitrogen and oxygen atoms in total. The molecule has 0 saturated heterocycles. The highest BCUT2D eigenvalue weighted by atomic mass is 16.7. The van der Waals surface area contributed by atoms with Crippen molar-refractivity contribution >= 4 is 17.9 Å². The van der Waals surface area contributed by atoms with E-state index in [2.05, 4.69) is 74.6 Å². The van der Waals surface area contributed by atoms with Crippen molar-refractivity contribution in [2.75, 3.05) is 47.5 Å². The first-order chi connectivity index (χ1) is 34.6. The lowest BCUT2D eigenvalue weighted by atomic mass is 10.0. The molecule has 0 aromatic carbocycles. The quantitative estimate of drug-likeness (QED) is 0.0195. The smallest absolute Gasteiger partial charge is 0.306 e. The van der Waals surface area contributed by atoms with Gasteiger partial charge in [-0.15, -0.1) is 0 Å². The number of esters is 2. The van der Waals surface area contributed by atoms with Crippen LogP contribution >= 0.6 is 0 Å². The van der Waals surface area contributed by atoms with Crippen LogP contribution in [0.5, 0.6) is 0 Å². The van der Waals surface area contributed by atoms with E-state index in [0.29, 0.717) is 17.4 Å². The molecule has 0 aliphatic heterocycles. The number of carboxylic acids is 1. The van der Waals surface area contributed by atoms with E-state index in [1.54, 1.807) is 0 Å². The molecule has 0 aromatic heterocycles. The maximum Gasteiger partial charge on any atom is 0.306 e. The Kier molecular flexibility index (Phi) is 51.0. The predicted octanol–water partition coefficient (Wildman–Crippen LogP) is 15.9. The van der Waals surface area contributed by atoms with Crippen LogP contribution in [0.1, 0.15) is 258 Å². The van der Waals surface area contributed by atoms with Crippen molar-refractivity contribution in [1.29, 1.82) is 0 Å². The Labute approximate surface area is 437 Å². The first-order valence-electron chi connectivity index (χ1n) is 29.4. The van der Waals surface area contributed by atoms with Gasteiger partial charge < -0.3 is 33.3 Å². The topological polar surface area (TPSA) is 111 Å². The number of ether oxygens (including phenoxy) is 4. The highest BCUT2D eigenvalue weighted by Crippen LogP contribution is 2.17. The largest absolute Gasteiger partial charge is 0.545 e. The van der Waals surface area contributed by atoms with E-state index in [1.807, 2.05) is 21.1 Å². The van der Waals surface area contributed by atoms with Crippen molar-refractivity contribution in [3.05, 3.63) is 60.8 Å². The minimum Gasteiger partial charge on any atom is -0.545 e. The summed E-state index contributed by atoms with van der Waals surface area (Å²) in [6.07, 6.45) is 64.2. The Morgan fingerprint density at radius 2 is 0.803 bits per heavy atom. The Morgan fingerprint density at radius 1 is 0.437 bits per heavy atom. The van der Waals surface area contributed by atoms with Crippen LogP contribution in [0.4, 0.5) is 0 Å². The maximum absolute atomic E-state index is 12.9. The summed E-state index contributed by atoms with van der Waals surface area (Å²) in [5, 5.41) is 11.8. The first-order valence-corrected chi connectivity index (χ1v) is 29.4. The summed E-state index contributed by atoms with van der Waals surface area (Å²) in [7, 11) is 5.92. The lowest BCUT2D eigenvalue weighted by molar-refractivity contribution is -0.870. The zero-order chi connectivity index (χ0) is 52.0. The van der Waals surface area contributed by atoms with Gasteiger partial charge in [-0.3, -0.25) is 9.59 Å². The van der Waals surface area contributed by atoms with Crippen LogP contribution in [0.2, 0.25) is 0 Å². The number of carbonyl (C=O) groups excluding carboxylic acids is 3. The molecule has 2 unspecified atom stereocenters. The highest BCUT2D eigenvalue weighted by molar-refractivity contribution is 5.70. The molecular formula is C62H111NO8. The van der Waals surface area contributed by atoms with Crippen LogP contribution < -0.4 is 5.11 Å². The Balaban J connectivity index is 4.24. The lowest BCUT2D eigenvalue weighted by Crippen LogP contribution is -2.44. The van der Waals surface area contributed by atoms with Crippen molar-refractivity contribution in [2.24, 2.45) is 0 Å². The van der Waals surface area contributed by atoms with Gasteiger partial charge in [0.25, 0.3) is 0 Å². The second kappa shape index (κ2) is 53.3. The zero-order valence-electron chi connectivity index (χ0n) is 46.8. The van der Waals surface area contributed by atoms with Crippen LogP contribution in [0.3, 0.4) is 0 Å². The van der Waals surface area contributed by atoms with Crippen LogP contribution in [-0.4, -0.2) is 82.3 Å². The van der Waals surface area contributed by atoms with E-state index in [0.717, 1.165) is 83.5 Å². The summed E-state index contributed by atoms with van der Waals surface area (Å²) in [6.45, 7) is 4.64. The fourth-order valence-corrected chi connectivity index (χ4v) is 8.27. The van der Waals surface area contributed by atoms with Gasteiger partial charge in [0, 0.05) is 12.8 Å². The molecule has 9 heteroatoms. The van der Waals surface area contributed by atoms with Gasteiger partial charge >= 0.3 is 11.9 Å². The molecule has 0 radical (unpaired) electrons. The molecule has 0 bridgehead atoms. The SMILES string of the molecule is CC/C=C\C/C=C\C/C=C\C/C=C\C/C=C\CCCCCCCC(=O)OC(COC(=O)CCCCCCCCCCCCCCCCCCCCCCCCCCC)COC(OCC[N+](C)(C)C)C(=O)[O-]. The Morgan fingerprint density at radius 3 is 1.20 bits per heavy atom. The second-order valence-electron chi connectivity index (χ2n) is 20.9. The van der Waals surface area contributed by atoms with Crippen molar-refractivity contribution in [3.63, 3.8) is 0 Å². The fourth-order valence-electron chi connectivity index (χ4n) is 8.27. The maximum atomic E-state index is 12.9. The van der Waals surface area contributed by atoms with E-state index in [1.165, 1.54) is 141 Å². The lowest BCUT2D eigenvalue weighted by Gasteiger charge is -2.26. The van der Waals surface area contributed by atoms with Gasteiger partial charge in [-0.1, -0.05) is 248 Å². The number of allylic oxidation sites excluding steroid dienone is 10. The van der Waals surface area contributed by atoms with E-state index < -0.39 is 24.3 Å². The number of hydrogen-bond donors (Lipinski definition) is 0. The summed E-state index contributed by atoms with van der Waals surface area (Å²) < 4.78 is 22.7. The summed E-state index contributed by atoms with van der Waals surface area (Å²) in [6, 6.07) is 0. The van der Waals surface area contributed by atoms with Gasteiger partial charge in [0.2, 0.25) is 0 Å². The summed E-state index contributed by atoms with van der Waals surface area (Å²) in [4.78, 5) is 37.3. The van der Waals surface area contributed by atoms with E-state index in [-0.39, 0.29) is 38.6 Å².